The molecule has 1 heterocycles. The third-order valence-corrected chi connectivity index (χ3v) is 5.95. The minimum absolute atomic E-state index is 0.0227. The highest BCUT2D eigenvalue weighted by atomic mass is 32.2. The summed E-state index contributed by atoms with van der Waals surface area (Å²) in [5.74, 6) is 0.345. The number of sulfonamides is 1. The van der Waals surface area contributed by atoms with Gasteiger partial charge in [-0.3, -0.25) is 0 Å². The first-order valence-electron chi connectivity index (χ1n) is 6.49. The van der Waals surface area contributed by atoms with Crippen molar-refractivity contribution >= 4 is 10.0 Å². The fraction of sp³-hybridized carbons (Fsp3) is 0.500. The summed E-state index contributed by atoms with van der Waals surface area (Å²) in [6.07, 6.45) is 1.92. The Bertz CT molecular complexity index is 604. The minimum atomic E-state index is -3.58. The van der Waals surface area contributed by atoms with Gasteiger partial charge in [-0.05, 0) is 37.8 Å². The molecule has 1 aromatic rings. The maximum absolute atomic E-state index is 12.7. The van der Waals surface area contributed by atoms with E-state index >= 15 is 0 Å². The first-order chi connectivity index (χ1) is 8.98. The number of nitriles is 1. The number of nitrogens with zero attached hydrogens (tertiary/aromatic N) is 2. The van der Waals surface area contributed by atoms with E-state index in [1.807, 2.05) is 13.0 Å². The van der Waals surface area contributed by atoms with Gasteiger partial charge < -0.3 is 0 Å². The molecule has 0 amide bonds. The average Bonchev–Trinajstić information content (AvgIpc) is 2.41. The molecule has 2 atom stereocenters. The maximum atomic E-state index is 12.7. The van der Waals surface area contributed by atoms with Crippen molar-refractivity contribution in [2.75, 3.05) is 6.54 Å². The summed E-state index contributed by atoms with van der Waals surface area (Å²) in [7, 11) is -3.58. The molecule has 19 heavy (non-hydrogen) atoms. The molecule has 2 rings (SSSR count). The summed E-state index contributed by atoms with van der Waals surface area (Å²) in [6, 6.07) is 8.34. The van der Waals surface area contributed by atoms with Gasteiger partial charge in [-0.25, -0.2) is 8.42 Å². The van der Waals surface area contributed by atoms with Crippen molar-refractivity contribution in [3.05, 3.63) is 29.8 Å². The van der Waals surface area contributed by atoms with Crippen LogP contribution in [0.1, 0.15) is 32.3 Å². The Hall–Kier alpha value is -1.38. The lowest BCUT2D eigenvalue weighted by molar-refractivity contribution is 0.202. The Morgan fingerprint density at radius 3 is 2.68 bits per heavy atom. The molecular weight excluding hydrogens is 260 g/mol. The second kappa shape index (κ2) is 5.32. The highest BCUT2D eigenvalue weighted by Crippen LogP contribution is 2.29. The predicted molar refractivity (Wildman–Crippen MR) is 72.9 cm³/mol. The molecule has 0 saturated carbocycles. The van der Waals surface area contributed by atoms with E-state index in [1.54, 1.807) is 18.2 Å². The molecule has 1 aromatic carbocycles. The zero-order valence-corrected chi connectivity index (χ0v) is 12.0. The topological polar surface area (TPSA) is 61.2 Å². The van der Waals surface area contributed by atoms with Crippen LogP contribution >= 0.6 is 0 Å². The van der Waals surface area contributed by atoms with E-state index in [4.69, 9.17) is 5.26 Å². The number of piperidine rings is 1. The van der Waals surface area contributed by atoms with Crippen molar-refractivity contribution < 1.29 is 8.42 Å². The number of rotatable bonds is 2. The molecule has 102 valence electrons. The molecule has 4 nitrogen and oxygen atoms in total. The highest BCUT2D eigenvalue weighted by Gasteiger charge is 2.35. The molecule has 2 unspecified atom stereocenters. The normalized spacial score (nSPS) is 24.9. The molecule has 5 heteroatoms. The lowest BCUT2D eigenvalue weighted by Gasteiger charge is -2.36. The number of benzene rings is 1. The lowest BCUT2D eigenvalue weighted by Crippen LogP contribution is -2.46. The van der Waals surface area contributed by atoms with Crippen LogP contribution in [-0.2, 0) is 10.0 Å². The van der Waals surface area contributed by atoms with E-state index in [-0.39, 0.29) is 16.5 Å². The quantitative estimate of drug-likeness (QED) is 0.834. The molecule has 0 radical (unpaired) electrons. The zero-order valence-electron chi connectivity index (χ0n) is 11.2. The van der Waals surface area contributed by atoms with Gasteiger partial charge in [0.15, 0.2) is 0 Å². The van der Waals surface area contributed by atoms with Crippen molar-refractivity contribution in [1.29, 1.82) is 5.26 Å². The van der Waals surface area contributed by atoms with Crippen LogP contribution in [0.15, 0.2) is 29.2 Å². The first kappa shape index (κ1) is 14.0. The Kier molecular flexibility index (Phi) is 3.93. The summed E-state index contributed by atoms with van der Waals surface area (Å²) in [6.45, 7) is 4.55. The summed E-state index contributed by atoms with van der Waals surface area (Å²) < 4.78 is 26.9. The van der Waals surface area contributed by atoms with E-state index in [2.05, 4.69) is 6.92 Å². The zero-order chi connectivity index (χ0) is 14.0. The molecular formula is C14H18N2O2S. The smallest absolute Gasteiger partial charge is 0.207 e. The third-order valence-electron chi connectivity index (χ3n) is 3.91. The van der Waals surface area contributed by atoms with Gasteiger partial charge in [0.05, 0.1) is 10.5 Å². The highest BCUT2D eigenvalue weighted by molar-refractivity contribution is 7.89. The van der Waals surface area contributed by atoms with Gasteiger partial charge in [-0.2, -0.15) is 9.57 Å². The molecule has 0 aliphatic carbocycles. The monoisotopic (exact) mass is 278 g/mol. The summed E-state index contributed by atoms with van der Waals surface area (Å²) in [4.78, 5) is 0.124. The van der Waals surface area contributed by atoms with Crippen LogP contribution < -0.4 is 0 Å². The van der Waals surface area contributed by atoms with Crippen molar-refractivity contribution in [2.24, 2.45) is 5.92 Å². The molecule has 0 aromatic heterocycles. The van der Waals surface area contributed by atoms with Crippen LogP contribution in [-0.4, -0.2) is 25.3 Å². The number of hydrogen-bond donors (Lipinski definition) is 0. The van der Waals surface area contributed by atoms with Crippen LogP contribution in [0.3, 0.4) is 0 Å². The molecule has 1 fully saturated rings. The predicted octanol–water partition coefficient (Wildman–Crippen LogP) is 2.37. The molecule has 1 aliphatic rings. The molecule has 0 N–H and O–H groups in total. The average molecular weight is 278 g/mol. The molecule has 1 saturated heterocycles. The molecule has 1 aliphatic heterocycles. The second-order valence-electron chi connectivity index (χ2n) is 5.08. The van der Waals surface area contributed by atoms with Gasteiger partial charge in [-0.1, -0.05) is 19.1 Å². The SMILES string of the molecule is CC1CCCN(S(=O)(=O)c2ccccc2C#N)C1C. The third kappa shape index (κ3) is 2.51. The largest absolute Gasteiger partial charge is 0.244 e. The van der Waals surface area contributed by atoms with Crippen molar-refractivity contribution in [3.63, 3.8) is 0 Å². The second-order valence-corrected chi connectivity index (χ2v) is 6.94. The lowest BCUT2D eigenvalue weighted by atomic mass is 9.94. The van der Waals surface area contributed by atoms with Gasteiger partial charge in [0.25, 0.3) is 0 Å². The van der Waals surface area contributed by atoms with Gasteiger partial charge in [0.2, 0.25) is 10.0 Å². The maximum Gasteiger partial charge on any atom is 0.244 e. The fourth-order valence-electron chi connectivity index (χ4n) is 2.55. The first-order valence-corrected chi connectivity index (χ1v) is 7.93. The van der Waals surface area contributed by atoms with E-state index in [9.17, 15) is 8.42 Å². The summed E-state index contributed by atoms with van der Waals surface area (Å²) in [5.41, 5.74) is 0.216. The summed E-state index contributed by atoms with van der Waals surface area (Å²) in [5, 5.41) is 9.07. The van der Waals surface area contributed by atoms with E-state index in [1.165, 1.54) is 10.4 Å². The molecule has 0 spiro atoms. The van der Waals surface area contributed by atoms with Crippen LogP contribution in [0.5, 0.6) is 0 Å². The van der Waals surface area contributed by atoms with Crippen LogP contribution in [0.2, 0.25) is 0 Å². The van der Waals surface area contributed by atoms with Crippen LogP contribution in [0, 0.1) is 17.2 Å². The van der Waals surface area contributed by atoms with Crippen molar-refractivity contribution in [2.45, 2.75) is 37.6 Å². The number of hydrogen-bond acceptors (Lipinski definition) is 3. The minimum Gasteiger partial charge on any atom is -0.207 e. The standard InChI is InChI=1S/C14H18N2O2S/c1-11-6-5-9-16(12(11)2)19(17,18)14-8-4-3-7-13(14)10-15/h3-4,7-8,11-12H,5-6,9H2,1-2H3. The van der Waals surface area contributed by atoms with Crippen LogP contribution in [0.4, 0.5) is 0 Å². The molecule has 0 bridgehead atoms. The van der Waals surface area contributed by atoms with Crippen molar-refractivity contribution in [3.8, 4) is 6.07 Å². The fourth-order valence-corrected chi connectivity index (χ4v) is 4.46. The van der Waals surface area contributed by atoms with Gasteiger partial charge >= 0.3 is 0 Å². The Balaban J connectivity index is 2.45. The Morgan fingerprint density at radius 2 is 2.00 bits per heavy atom. The van der Waals surface area contributed by atoms with Crippen LogP contribution in [0.25, 0.3) is 0 Å². The van der Waals surface area contributed by atoms with Gasteiger partial charge in [0.1, 0.15) is 6.07 Å². The van der Waals surface area contributed by atoms with Gasteiger partial charge in [0, 0.05) is 12.6 Å². The van der Waals surface area contributed by atoms with E-state index in [0.29, 0.717) is 12.5 Å². The van der Waals surface area contributed by atoms with E-state index in [0.717, 1.165) is 12.8 Å². The Morgan fingerprint density at radius 1 is 1.32 bits per heavy atom. The van der Waals surface area contributed by atoms with Gasteiger partial charge in [-0.15, -0.1) is 0 Å². The van der Waals surface area contributed by atoms with E-state index < -0.39 is 10.0 Å². The summed E-state index contributed by atoms with van der Waals surface area (Å²) >= 11 is 0. The van der Waals surface area contributed by atoms with Crippen molar-refractivity contribution in [1.82, 2.24) is 4.31 Å². The Labute approximate surface area is 114 Å².